The summed E-state index contributed by atoms with van der Waals surface area (Å²) in [4.78, 5) is 0. The zero-order valence-electron chi connectivity index (χ0n) is 12.0. The van der Waals surface area contributed by atoms with Gasteiger partial charge < -0.3 is 10.1 Å². The second-order valence-corrected chi connectivity index (χ2v) is 5.43. The van der Waals surface area contributed by atoms with Crippen molar-refractivity contribution >= 4 is 0 Å². The Kier molecular flexibility index (Phi) is 5.92. The van der Waals surface area contributed by atoms with Crippen LogP contribution in [0.5, 0.6) is 0 Å². The highest BCUT2D eigenvalue weighted by atomic mass is 19.2. The van der Waals surface area contributed by atoms with Gasteiger partial charge >= 0.3 is 0 Å². The number of rotatable bonds is 6. The van der Waals surface area contributed by atoms with Crippen molar-refractivity contribution in [3.63, 3.8) is 0 Å². The zero-order valence-corrected chi connectivity index (χ0v) is 12.0. The summed E-state index contributed by atoms with van der Waals surface area (Å²) < 4.78 is 32.5. The Morgan fingerprint density at radius 3 is 2.75 bits per heavy atom. The van der Waals surface area contributed by atoms with Crippen LogP contribution in [0.2, 0.25) is 0 Å². The van der Waals surface area contributed by atoms with E-state index in [9.17, 15) is 8.78 Å². The fourth-order valence-corrected chi connectivity index (χ4v) is 2.80. The van der Waals surface area contributed by atoms with Gasteiger partial charge in [0.25, 0.3) is 0 Å². The number of ether oxygens (including phenoxy) is 1. The van der Waals surface area contributed by atoms with Gasteiger partial charge in [0.15, 0.2) is 11.6 Å². The Balaban J connectivity index is 2.07. The first-order valence-electron chi connectivity index (χ1n) is 7.46. The van der Waals surface area contributed by atoms with Crippen LogP contribution in [0.3, 0.4) is 0 Å². The van der Waals surface area contributed by atoms with Crippen LogP contribution in [0.15, 0.2) is 18.2 Å². The Labute approximate surface area is 119 Å². The summed E-state index contributed by atoms with van der Waals surface area (Å²) in [6.07, 6.45) is 3.54. The van der Waals surface area contributed by atoms with Gasteiger partial charge in [0.05, 0.1) is 0 Å². The lowest BCUT2D eigenvalue weighted by Gasteiger charge is -2.31. The Morgan fingerprint density at radius 1 is 1.30 bits per heavy atom. The Bertz CT molecular complexity index is 419. The summed E-state index contributed by atoms with van der Waals surface area (Å²) in [5, 5.41) is 3.49. The number of benzene rings is 1. The maximum atomic E-state index is 13.8. The van der Waals surface area contributed by atoms with Crippen molar-refractivity contribution in [2.45, 2.75) is 38.6 Å². The molecular formula is C16H23F2NO. The summed E-state index contributed by atoms with van der Waals surface area (Å²) in [5.41, 5.74) is 0.463. The van der Waals surface area contributed by atoms with Crippen molar-refractivity contribution in [1.82, 2.24) is 5.32 Å². The molecule has 4 heteroatoms. The van der Waals surface area contributed by atoms with E-state index in [0.717, 1.165) is 39.0 Å². The van der Waals surface area contributed by atoms with E-state index >= 15 is 0 Å². The number of nitrogens with one attached hydrogen (secondary N) is 1. The number of hydrogen-bond acceptors (Lipinski definition) is 2. The molecule has 1 unspecified atom stereocenters. The molecule has 1 fully saturated rings. The predicted molar refractivity (Wildman–Crippen MR) is 75.7 cm³/mol. The lowest BCUT2D eigenvalue weighted by molar-refractivity contribution is 0.0536. The highest BCUT2D eigenvalue weighted by Crippen LogP contribution is 2.23. The highest BCUT2D eigenvalue weighted by Gasteiger charge is 2.25. The summed E-state index contributed by atoms with van der Waals surface area (Å²) in [5.74, 6) is -0.996. The largest absolute Gasteiger partial charge is 0.381 e. The molecule has 0 saturated carbocycles. The lowest BCUT2D eigenvalue weighted by Crippen LogP contribution is -2.41. The molecule has 1 aliphatic heterocycles. The van der Waals surface area contributed by atoms with Gasteiger partial charge in [0.1, 0.15) is 0 Å². The molecular weight excluding hydrogens is 260 g/mol. The van der Waals surface area contributed by atoms with Crippen LogP contribution >= 0.6 is 0 Å². The predicted octanol–water partition coefficient (Wildman–Crippen LogP) is 3.30. The first-order chi connectivity index (χ1) is 9.72. The van der Waals surface area contributed by atoms with Gasteiger partial charge in [-0.1, -0.05) is 19.1 Å². The van der Waals surface area contributed by atoms with Crippen molar-refractivity contribution < 1.29 is 13.5 Å². The minimum absolute atomic E-state index is 0.190. The summed E-state index contributed by atoms with van der Waals surface area (Å²) in [6.45, 7) is 4.54. The first-order valence-corrected chi connectivity index (χ1v) is 7.46. The molecule has 0 bridgehead atoms. The molecule has 1 N–H and O–H groups in total. The van der Waals surface area contributed by atoms with Crippen LogP contribution in [0.4, 0.5) is 8.78 Å². The van der Waals surface area contributed by atoms with E-state index in [2.05, 4.69) is 12.2 Å². The van der Waals surface area contributed by atoms with Crippen LogP contribution in [0.25, 0.3) is 0 Å². The van der Waals surface area contributed by atoms with Crippen molar-refractivity contribution in [1.29, 1.82) is 0 Å². The Hall–Kier alpha value is -1.00. The molecule has 1 aliphatic rings. The van der Waals surface area contributed by atoms with Crippen LogP contribution < -0.4 is 5.32 Å². The van der Waals surface area contributed by atoms with Crippen LogP contribution in [-0.2, 0) is 11.2 Å². The van der Waals surface area contributed by atoms with Gasteiger partial charge in [-0.15, -0.1) is 0 Å². The van der Waals surface area contributed by atoms with Crippen molar-refractivity contribution in [3.8, 4) is 0 Å². The molecule has 1 saturated heterocycles. The van der Waals surface area contributed by atoms with E-state index in [1.54, 1.807) is 12.1 Å². The molecule has 1 aromatic rings. The average molecular weight is 283 g/mol. The third kappa shape index (κ3) is 4.00. The minimum atomic E-state index is -0.760. The molecule has 0 aliphatic carbocycles. The van der Waals surface area contributed by atoms with Crippen LogP contribution in [0.1, 0.15) is 31.7 Å². The third-order valence-electron chi connectivity index (χ3n) is 3.96. The molecule has 2 nitrogen and oxygen atoms in total. The quantitative estimate of drug-likeness (QED) is 0.865. The van der Waals surface area contributed by atoms with E-state index in [0.29, 0.717) is 17.9 Å². The molecule has 0 spiro atoms. The molecule has 0 aromatic heterocycles. The smallest absolute Gasteiger partial charge is 0.162 e. The van der Waals surface area contributed by atoms with Gasteiger partial charge in [-0.2, -0.15) is 0 Å². The highest BCUT2D eigenvalue weighted by molar-refractivity contribution is 5.20. The topological polar surface area (TPSA) is 21.3 Å². The third-order valence-corrected chi connectivity index (χ3v) is 3.96. The average Bonchev–Trinajstić information content (AvgIpc) is 2.48. The molecule has 20 heavy (non-hydrogen) atoms. The molecule has 112 valence electrons. The standard InChI is InChI=1S/C16H23F2NO/c1-2-8-19-15(12-6-9-20-10-7-12)11-13-4-3-5-14(17)16(13)18/h3-5,12,15,19H,2,6-11H2,1H3. The van der Waals surface area contributed by atoms with Gasteiger partial charge in [0, 0.05) is 19.3 Å². The first kappa shape index (κ1) is 15.4. The van der Waals surface area contributed by atoms with Gasteiger partial charge in [-0.3, -0.25) is 0 Å². The zero-order chi connectivity index (χ0) is 14.4. The number of halogens is 2. The van der Waals surface area contributed by atoms with Crippen molar-refractivity contribution in [3.05, 3.63) is 35.4 Å². The molecule has 0 amide bonds. The monoisotopic (exact) mass is 283 g/mol. The second kappa shape index (κ2) is 7.70. The van der Waals surface area contributed by atoms with E-state index in [-0.39, 0.29) is 6.04 Å². The summed E-state index contributed by atoms with van der Waals surface area (Å²) >= 11 is 0. The van der Waals surface area contributed by atoms with Gasteiger partial charge in [0.2, 0.25) is 0 Å². The van der Waals surface area contributed by atoms with E-state index in [4.69, 9.17) is 4.74 Å². The summed E-state index contributed by atoms with van der Waals surface area (Å²) in [6, 6.07) is 4.62. The molecule has 1 aromatic carbocycles. The number of hydrogen-bond donors (Lipinski definition) is 1. The maximum absolute atomic E-state index is 13.8. The normalized spacial score (nSPS) is 18.1. The maximum Gasteiger partial charge on any atom is 0.162 e. The summed E-state index contributed by atoms with van der Waals surface area (Å²) in [7, 11) is 0. The SMILES string of the molecule is CCCNC(Cc1cccc(F)c1F)C1CCOCC1. The lowest BCUT2D eigenvalue weighted by atomic mass is 9.87. The molecule has 2 rings (SSSR count). The Morgan fingerprint density at radius 2 is 2.05 bits per heavy atom. The van der Waals surface area contributed by atoms with E-state index in [1.165, 1.54) is 6.07 Å². The van der Waals surface area contributed by atoms with Crippen LogP contribution in [0, 0.1) is 17.6 Å². The minimum Gasteiger partial charge on any atom is -0.381 e. The van der Waals surface area contributed by atoms with E-state index < -0.39 is 11.6 Å². The fraction of sp³-hybridized carbons (Fsp3) is 0.625. The molecule has 1 heterocycles. The van der Waals surface area contributed by atoms with Gasteiger partial charge in [-0.05, 0) is 49.8 Å². The van der Waals surface area contributed by atoms with E-state index in [1.807, 2.05) is 0 Å². The molecule has 1 atom stereocenters. The van der Waals surface area contributed by atoms with Gasteiger partial charge in [-0.25, -0.2) is 8.78 Å². The second-order valence-electron chi connectivity index (χ2n) is 5.43. The van der Waals surface area contributed by atoms with Crippen LogP contribution in [-0.4, -0.2) is 25.8 Å². The molecule has 0 radical (unpaired) electrons. The van der Waals surface area contributed by atoms with Crippen molar-refractivity contribution in [2.24, 2.45) is 5.92 Å². The van der Waals surface area contributed by atoms with Crippen molar-refractivity contribution in [2.75, 3.05) is 19.8 Å². The fourth-order valence-electron chi connectivity index (χ4n) is 2.80.